The molecule has 7 aliphatic rings. The molecule has 0 spiro atoms. The number of nitrogens with zero attached hydrogens (tertiary/aromatic N) is 2. The average molecular weight is 1230 g/mol. The third-order valence-corrected chi connectivity index (χ3v) is 15.9. The van der Waals surface area contributed by atoms with Gasteiger partial charge in [-0.1, -0.05) is 84.9 Å². The van der Waals surface area contributed by atoms with Crippen LogP contribution in [0.25, 0.3) is 12.2 Å². The Morgan fingerprint density at radius 1 is 0.551 bits per heavy atom. The molecule has 10 rings (SSSR count). The third-order valence-electron chi connectivity index (χ3n) is 15.9. The zero-order valence-corrected chi connectivity index (χ0v) is 52.5. The summed E-state index contributed by atoms with van der Waals surface area (Å²) < 4.78 is 4.84. The molecule has 0 saturated carbocycles. The van der Waals surface area contributed by atoms with Gasteiger partial charge in [-0.15, -0.1) is 0 Å². The Morgan fingerprint density at radius 2 is 0.989 bits per heavy atom. The molecular weight excluding hydrogens is 1140 g/mol. The first-order valence-corrected chi connectivity index (χ1v) is 29.4. The summed E-state index contributed by atoms with van der Waals surface area (Å²) in [5, 5.41) is 24.3. The third kappa shape index (κ3) is 17.5. The molecule has 25 nitrogen and oxygen atoms in total. The Morgan fingerprint density at radius 3 is 1.46 bits per heavy atom. The van der Waals surface area contributed by atoms with Crippen LogP contribution >= 0.6 is 0 Å². The van der Waals surface area contributed by atoms with Crippen molar-refractivity contribution in [2.45, 2.75) is 153 Å². The fourth-order valence-electron chi connectivity index (χ4n) is 10.0. The predicted molar refractivity (Wildman–Crippen MR) is 329 cm³/mol. The van der Waals surface area contributed by atoms with E-state index in [0.29, 0.717) is 22.3 Å². The van der Waals surface area contributed by atoms with Gasteiger partial charge in [0.15, 0.2) is 0 Å². The van der Waals surface area contributed by atoms with Gasteiger partial charge in [0.05, 0.1) is 20.0 Å². The molecular formula is C64H84N12O13. The van der Waals surface area contributed by atoms with Crippen LogP contribution in [0.4, 0.5) is 0 Å². The smallest absolute Gasteiger partial charge is 0.330 e. The van der Waals surface area contributed by atoms with E-state index in [1.165, 1.54) is 86.3 Å². The molecule has 11 amide bonds. The van der Waals surface area contributed by atoms with Gasteiger partial charge in [-0.05, 0) is 129 Å². The van der Waals surface area contributed by atoms with Gasteiger partial charge >= 0.3 is 5.97 Å². The number of rotatable bonds is 16. The fourth-order valence-corrected chi connectivity index (χ4v) is 10.0. The number of amides is 11. The highest BCUT2D eigenvalue weighted by molar-refractivity contribution is 6.08. The van der Waals surface area contributed by atoms with Crippen molar-refractivity contribution in [1.82, 2.24) is 57.7 Å². The minimum atomic E-state index is -1.89. The van der Waals surface area contributed by atoms with E-state index in [1.54, 1.807) is 89.8 Å². The van der Waals surface area contributed by atoms with Crippen LogP contribution in [0.2, 0.25) is 0 Å². The highest BCUT2D eigenvalue weighted by Crippen LogP contribution is 2.29. The highest BCUT2D eigenvalue weighted by Gasteiger charge is 2.51. The molecule has 25 heteroatoms. The zero-order valence-electron chi connectivity index (χ0n) is 52.5. The maximum atomic E-state index is 15.2. The van der Waals surface area contributed by atoms with E-state index in [1.807, 2.05) is 0 Å². The molecule has 7 aliphatic heterocycles. The lowest BCUT2D eigenvalue weighted by Gasteiger charge is -2.44. The number of nitrogens with one attached hydrogen (secondary N) is 9. The number of hydrogen-bond donors (Lipinski definition) is 10. The number of ether oxygens (including phenoxy) is 1. The van der Waals surface area contributed by atoms with Crippen LogP contribution in [0.15, 0.2) is 96.3 Å². The molecule has 89 heavy (non-hydrogen) atoms. The van der Waals surface area contributed by atoms with Gasteiger partial charge in [0.1, 0.15) is 50.2 Å². The summed E-state index contributed by atoms with van der Waals surface area (Å²) in [6.45, 7) is 13.8. The van der Waals surface area contributed by atoms with Crippen LogP contribution in [0.3, 0.4) is 0 Å². The zero-order chi connectivity index (χ0) is 65.9. The van der Waals surface area contributed by atoms with Crippen molar-refractivity contribution in [2.24, 2.45) is 5.73 Å². The van der Waals surface area contributed by atoms with Gasteiger partial charge in [-0.2, -0.15) is 0 Å². The van der Waals surface area contributed by atoms with E-state index in [4.69, 9.17) is 10.5 Å². The maximum absolute atomic E-state index is 15.2. The molecule has 3 aromatic rings. The number of benzene rings is 3. The van der Waals surface area contributed by atoms with Crippen LogP contribution in [0, 0.1) is 0 Å². The number of carbonyl (C=O) groups is 12. The first-order valence-electron chi connectivity index (χ1n) is 29.4. The van der Waals surface area contributed by atoms with Crippen molar-refractivity contribution in [3.05, 3.63) is 119 Å². The molecule has 0 unspecified atom stereocenters. The quantitative estimate of drug-likeness (QED) is 0.0709. The Kier molecular flexibility index (Phi) is 21.5. The van der Waals surface area contributed by atoms with Crippen molar-refractivity contribution in [2.75, 3.05) is 39.8 Å². The molecule has 7 heterocycles. The standard InChI is InChI=1S/C64H84N12O13/c1-58(2,68-49(80)44(66-46(77)26-31-65)36-40-18-14-12-15-19-40)51(82)67-45(37-41-20-16-13-17-21-41)50(81)69-63-27-32-75(33-28-63)47(78)38-42-22-24-43(25-23-42)39-48(79)76-34-29-64(30-35-76,56(87)73-60(5,6)53(84)71-62(9,10)57(88)89-11)74-54(85)61(7,8)70-52(83)59(3,4)72-55(63)86/h12-25,36-37H,26-35,38-39,65H2,1-11H3,(H,66,77)(H,67,82)(H,68,80)(H,69,81)(H,70,83)(H,71,84)(H,72,86)(H,73,87)(H,74,85)/b44-36-,45-37-. The summed E-state index contributed by atoms with van der Waals surface area (Å²) in [7, 11) is 1.16. The monoisotopic (exact) mass is 1230 g/mol. The Bertz CT molecular complexity index is 3280. The minimum absolute atomic E-state index is 0.00180. The van der Waals surface area contributed by atoms with Crippen molar-refractivity contribution >= 4 is 83.1 Å². The van der Waals surface area contributed by atoms with Gasteiger partial charge < -0.3 is 68.1 Å². The molecule has 478 valence electrons. The first-order chi connectivity index (χ1) is 41.6. The first kappa shape index (κ1) is 68.8. The summed E-state index contributed by atoms with van der Waals surface area (Å²) in [4.78, 5) is 173. The molecule has 6 bridgehead atoms. The minimum Gasteiger partial charge on any atom is -0.467 e. The Labute approximate surface area is 518 Å². The molecule has 0 radical (unpaired) electrons. The van der Waals surface area contributed by atoms with Crippen LogP contribution in [0.5, 0.6) is 0 Å². The average Bonchev–Trinajstić information content (AvgIpc) is 1.68. The lowest BCUT2D eigenvalue weighted by atomic mass is 9.83. The topological polar surface area (TPSA) is 355 Å². The number of nitrogens with two attached hydrogens (primary N) is 1. The van der Waals surface area contributed by atoms with Crippen molar-refractivity contribution in [3.8, 4) is 0 Å². The van der Waals surface area contributed by atoms with E-state index < -0.39 is 97.9 Å². The van der Waals surface area contributed by atoms with Gasteiger partial charge in [0, 0.05) is 39.1 Å². The molecule has 11 N–H and O–H groups in total. The molecule has 0 aromatic heterocycles. The fraction of sp³-hybridized carbons (Fsp3) is 0.469. The van der Waals surface area contributed by atoms with Gasteiger partial charge in [-0.3, -0.25) is 52.7 Å². The maximum Gasteiger partial charge on any atom is 0.330 e. The molecule has 3 aromatic carbocycles. The van der Waals surface area contributed by atoms with Gasteiger partial charge in [0.2, 0.25) is 53.2 Å². The largest absolute Gasteiger partial charge is 0.467 e. The number of carbonyl (C=O) groups excluding carboxylic acids is 12. The van der Waals surface area contributed by atoms with Gasteiger partial charge in [0.25, 0.3) is 11.8 Å². The van der Waals surface area contributed by atoms with Crippen LogP contribution < -0.4 is 53.6 Å². The lowest BCUT2D eigenvalue weighted by molar-refractivity contribution is -0.151. The van der Waals surface area contributed by atoms with E-state index in [0.717, 1.165) is 7.11 Å². The molecule has 0 atom stereocenters. The van der Waals surface area contributed by atoms with E-state index in [2.05, 4.69) is 47.9 Å². The van der Waals surface area contributed by atoms with Crippen molar-refractivity contribution in [3.63, 3.8) is 0 Å². The van der Waals surface area contributed by atoms with Crippen LogP contribution in [-0.4, -0.2) is 159 Å². The van der Waals surface area contributed by atoms with Crippen molar-refractivity contribution < 1.29 is 62.3 Å². The van der Waals surface area contributed by atoms with E-state index in [9.17, 15) is 47.9 Å². The second-order valence-electron chi connectivity index (χ2n) is 25.4. The Balaban J connectivity index is 1.32. The normalized spacial score (nSPS) is 18.2. The summed E-state index contributed by atoms with van der Waals surface area (Å²) in [6.07, 6.45) is 1.91. The summed E-state index contributed by atoms with van der Waals surface area (Å²) in [5.41, 5.74) is -5.04. The second kappa shape index (κ2) is 27.8. The SMILES string of the molecule is COC(=O)C(C)(C)NC(=O)C(C)(C)NC(=O)C12CCN(CC1)C(=O)Cc1ccc(cc1)CC(=O)N1CCC(NC(=O)/C(=C/c3ccccc3)NC(=O)C(C)(C)NC(=O)/C(=C/c3ccccc3)NC(=O)CCN)(CC1)C(=O)NC(C)(C)C(=O)NC(C)(C)C(=O)N2. The summed E-state index contributed by atoms with van der Waals surface area (Å²) >= 11 is 0. The second-order valence-corrected chi connectivity index (χ2v) is 25.4. The Hall–Kier alpha value is -9.26. The lowest BCUT2D eigenvalue weighted by Crippen LogP contribution is -2.72. The molecule has 2 saturated heterocycles. The van der Waals surface area contributed by atoms with Gasteiger partial charge in [-0.25, -0.2) is 4.79 Å². The van der Waals surface area contributed by atoms with Crippen LogP contribution in [0.1, 0.15) is 124 Å². The molecule has 2 fully saturated rings. The summed E-state index contributed by atoms with van der Waals surface area (Å²) in [6, 6.07) is 24.0. The molecule has 0 aliphatic carbocycles. The number of piperidine rings is 2. The van der Waals surface area contributed by atoms with Crippen molar-refractivity contribution in [1.29, 1.82) is 0 Å². The number of methoxy groups -OCH3 is 1. The number of hydrogen-bond acceptors (Lipinski definition) is 14. The van der Waals surface area contributed by atoms with E-state index in [-0.39, 0.29) is 101 Å². The number of esters is 1. The summed E-state index contributed by atoms with van der Waals surface area (Å²) in [5.74, 6) is -8.73. The highest BCUT2D eigenvalue weighted by atomic mass is 16.5. The van der Waals surface area contributed by atoms with Crippen LogP contribution in [-0.2, 0) is 75.1 Å². The number of fused-ring (bicyclic) bond motifs is 1. The van der Waals surface area contributed by atoms with E-state index >= 15 is 9.59 Å². The predicted octanol–water partition coefficient (Wildman–Crippen LogP) is 1.05.